The number of carbonyl (C=O) groups is 1. The molecule has 8 heteroatoms. The van der Waals surface area contributed by atoms with Crippen molar-refractivity contribution in [3.05, 3.63) is 56.0 Å². The average molecular weight is 320 g/mol. The Morgan fingerprint density at radius 2 is 2.23 bits per heavy atom. The molecule has 0 radical (unpaired) electrons. The lowest BCUT2D eigenvalue weighted by molar-refractivity contribution is -0.384. The van der Waals surface area contributed by atoms with E-state index < -0.39 is 4.92 Å². The van der Waals surface area contributed by atoms with E-state index in [1.54, 1.807) is 17.6 Å². The monoisotopic (exact) mass is 320 g/mol. The first-order valence-electron chi connectivity index (χ1n) is 6.70. The van der Waals surface area contributed by atoms with Gasteiger partial charge in [-0.25, -0.2) is 9.78 Å². The number of aromatic nitrogens is 1. The highest BCUT2D eigenvalue weighted by Gasteiger charge is 2.07. The van der Waals surface area contributed by atoms with Crippen LogP contribution >= 0.6 is 11.3 Å². The van der Waals surface area contributed by atoms with E-state index in [4.69, 9.17) is 0 Å². The van der Waals surface area contributed by atoms with E-state index in [1.807, 2.05) is 6.92 Å². The van der Waals surface area contributed by atoms with E-state index in [9.17, 15) is 14.9 Å². The molecule has 2 aromatic rings. The third kappa shape index (κ3) is 4.52. The number of nitrogens with one attached hydrogen (secondary N) is 2. The highest BCUT2D eigenvalue weighted by molar-refractivity contribution is 7.09. The first kappa shape index (κ1) is 15.9. The summed E-state index contributed by atoms with van der Waals surface area (Å²) in [6.45, 7) is 2.75. The van der Waals surface area contributed by atoms with Crippen molar-refractivity contribution in [3.8, 4) is 0 Å². The number of nitro benzene ring substituents is 1. The molecule has 0 fully saturated rings. The predicted octanol–water partition coefficient (Wildman–Crippen LogP) is 2.40. The lowest BCUT2D eigenvalue weighted by Crippen LogP contribution is -2.36. The van der Waals surface area contributed by atoms with Crippen LogP contribution in [0.25, 0.3) is 0 Å². The van der Waals surface area contributed by atoms with Gasteiger partial charge in [0.25, 0.3) is 5.69 Å². The van der Waals surface area contributed by atoms with Crippen LogP contribution in [0, 0.1) is 17.0 Å². The van der Waals surface area contributed by atoms with Gasteiger partial charge >= 0.3 is 6.03 Å². The van der Waals surface area contributed by atoms with Gasteiger partial charge in [0.1, 0.15) is 0 Å². The summed E-state index contributed by atoms with van der Waals surface area (Å²) in [7, 11) is 0. The van der Waals surface area contributed by atoms with Crippen molar-refractivity contribution in [2.45, 2.75) is 19.9 Å². The van der Waals surface area contributed by atoms with Crippen molar-refractivity contribution in [2.24, 2.45) is 0 Å². The average Bonchev–Trinajstić information content (AvgIpc) is 2.91. The predicted molar refractivity (Wildman–Crippen MR) is 83.9 cm³/mol. The van der Waals surface area contributed by atoms with Gasteiger partial charge in [-0.05, 0) is 18.9 Å². The van der Waals surface area contributed by atoms with Crippen molar-refractivity contribution in [3.63, 3.8) is 0 Å². The van der Waals surface area contributed by atoms with Crippen LogP contribution in [0.5, 0.6) is 0 Å². The lowest BCUT2D eigenvalue weighted by Gasteiger charge is -2.07. The molecule has 0 bridgehead atoms. The van der Waals surface area contributed by atoms with Crippen molar-refractivity contribution < 1.29 is 9.72 Å². The summed E-state index contributed by atoms with van der Waals surface area (Å²) in [5, 5.41) is 16.2. The van der Waals surface area contributed by atoms with E-state index in [2.05, 4.69) is 15.6 Å². The fourth-order valence-electron chi connectivity index (χ4n) is 1.86. The first-order chi connectivity index (χ1) is 10.6. The summed E-state index contributed by atoms with van der Waals surface area (Å²) in [4.78, 5) is 27.1. The quantitative estimate of drug-likeness (QED) is 0.631. The number of rotatable bonds is 6. The lowest BCUT2D eigenvalue weighted by atomic mass is 10.1. The summed E-state index contributed by atoms with van der Waals surface area (Å²) in [6, 6.07) is 6.13. The molecule has 0 aliphatic rings. The summed E-state index contributed by atoms with van der Waals surface area (Å²) >= 11 is 1.50. The minimum Gasteiger partial charge on any atom is -0.338 e. The third-order valence-corrected chi connectivity index (χ3v) is 4.01. The molecule has 22 heavy (non-hydrogen) atoms. The second-order valence-electron chi connectivity index (χ2n) is 4.65. The first-order valence-corrected chi connectivity index (χ1v) is 7.58. The van der Waals surface area contributed by atoms with Crippen LogP contribution in [-0.4, -0.2) is 22.5 Å². The molecule has 2 amide bonds. The van der Waals surface area contributed by atoms with Crippen molar-refractivity contribution in [2.75, 3.05) is 6.54 Å². The minimum atomic E-state index is -0.430. The van der Waals surface area contributed by atoms with Gasteiger partial charge in [0, 0.05) is 23.6 Å². The van der Waals surface area contributed by atoms with E-state index in [-0.39, 0.29) is 11.7 Å². The molecule has 1 heterocycles. The van der Waals surface area contributed by atoms with Gasteiger partial charge < -0.3 is 10.6 Å². The van der Waals surface area contributed by atoms with Crippen LogP contribution in [0.4, 0.5) is 10.5 Å². The number of urea groups is 1. The van der Waals surface area contributed by atoms with Gasteiger partial charge in [0.05, 0.1) is 22.7 Å². The number of benzene rings is 1. The third-order valence-electron chi connectivity index (χ3n) is 3.07. The molecule has 1 aromatic carbocycles. The van der Waals surface area contributed by atoms with Crippen LogP contribution in [0.3, 0.4) is 0 Å². The Labute approximate surface area is 131 Å². The van der Waals surface area contributed by atoms with E-state index in [0.717, 1.165) is 16.1 Å². The molecular formula is C14H16N4O3S. The van der Waals surface area contributed by atoms with Crippen LogP contribution < -0.4 is 10.6 Å². The van der Waals surface area contributed by atoms with Gasteiger partial charge in [0.15, 0.2) is 0 Å². The molecule has 0 saturated carbocycles. The molecule has 0 saturated heterocycles. The zero-order valence-corrected chi connectivity index (χ0v) is 12.9. The molecule has 2 rings (SSSR count). The Hall–Kier alpha value is -2.48. The number of nitro groups is 1. The number of thiazole rings is 1. The second-order valence-corrected chi connectivity index (χ2v) is 5.59. The number of carbonyl (C=O) groups excluding carboxylic acids is 1. The fourth-order valence-corrected chi connectivity index (χ4v) is 2.58. The van der Waals surface area contributed by atoms with Gasteiger partial charge in [-0.2, -0.15) is 0 Å². The summed E-state index contributed by atoms with van der Waals surface area (Å²) in [5.74, 6) is 0. The number of non-ortho nitro benzene ring substituents is 1. The highest BCUT2D eigenvalue weighted by atomic mass is 32.1. The maximum absolute atomic E-state index is 11.7. The molecule has 116 valence electrons. The van der Waals surface area contributed by atoms with Crippen LogP contribution in [0.15, 0.2) is 29.8 Å². The number of hydrogen-bond acceptors (Lipinski definition) is 5. The Balaban J connectivity index is 1.74. The molecule has 1 aromatic heterocycles. The number of amides is 2. The number of hydrogen-bond donors (Lipinski definition) is 2. The SMILES string of the molecule is Cc1ncsc1CNC(=O)NCCc1cccc([N+](=O)[O-])c1. The molecule has 0 spiro atoms. The molecule has 7 nitrogen and oxygen atoms in total. The Morgan fingerprint density at radius 1 is 1.41 bits per heavy atom. The van der Waals surface area contributed by atoms with E-state index >= 15 is 0 Å². The summed E-state index contributed by atoms with van der Waals surface area (Å²) < 4.78 is 0. The zero-order valence-electron chi connectivity index (χ0n) is 12.0. The normalized spacial score (nSPS) is 10.2. The second kappa shape index (κ2) is 7.51. The number of aryl methyl sites for hydroxylation is 1. The number of nitrogens with zero attached hydrogens (tertiary/aromatic N) is 2. The van der Waals surface area contributed by atoms with Crippen LogP contribution in [0.1, 0.15) is 16.1 Å². The maximum Gasteiger partial charge on any atom is 0.315 e. The van der Waals surface area contributed by atoms with Crippen molar-refractivity contribution in [1.82, 2.24) is 15.6 Å². The Bertz CT molecular complexity index is 672. The van der Waals surface area contributed by atoms with E-state index in [1.165, 1.54) is 23.5 Å². The van der Waals surface area contributed by atoms with Gasteiger partial charge in [0.2, 0.25) is 0 Å². The maximum atomic E-state index is 11.7. The topological polar surface area (TPSA) is 97.2 Å². The summed E-state index contributed by atoms with van der Waals surface area (Å²) in [6.07, 6.45) is 0.536. The van der Waals surface area contributed by atoms with Gasteiger partial charge in [-0.3, -0.25) is 10.1 Å². The van der Waals surface area contributed by atoms with Crippen LogP contribution in [0.2, 0.25) is 0 Å². The minimum absolute atomic E-state index is 0.0580. The standard InChI is InChI=1S/C14H16N4O3S/c1-10-13(22-9-17-10)8-16-14(19)15-6-5-11-3-2-4-12(7-11)18(20)21/h2-4,7,9H,5-6,8H2,1H3,(H2,15,16,19). The van der Waals surface area contributed by atoms with Crippen molar-refractivity contribution >= 4 is 23.1 Å². The van der Waals surface area contributed by atoms with Gasteiger partial charge in [-0.1, -0.05) is 12.1 Å². The molecule has 2 N–H and O–H groups in total. The molecule has 0 aliphatic carbocycles. The molecule has 0 aliphatic heterocycles. The van der Waals surface area contributed by atoms with Gasteiger partial charge in [-0.15, -0.1) is 11.3 Å². The smallest absolute Gasteiger partial charge is 0.315 e. The van der Waals surface area contributed by atoms with E-state index in [0.29, 0.717) is 19.5 Å². The Morgan fingerprint density at radius 3 is 2.91 bits per heavy atom. The largest absolute Gasteiger partial charge is 0.338 e. The van der Waals surface area contributed by atoms with Crippen molar-refractivity contribution in [1.29, 1.82) is 0 Å². The highest BCUT2D eigenvalue weighted by Crippen LogP contribution is 2.13. The summed E-state index contributed by atoms with van der Waals surface area (Å²) in [5.41, 5.74) is 3.53. The zero-order chi connectivity index (χ0) is 15.9. The molecule has 0 unspecified atom stereocenters. The Kier molecular flexibility index (Phi) is 5.42. The molecule has 0 atom stereocenters. The fraction of sp³-hybridized carbons (Fsp3) is 0.286. The molecular weight excluding hydrogens is 304 g/mol. The van der Waals surface area contributed by atoms with Crippen LogP contribution in [-0.2, 0) is 13.0 Å².